The third kappa shape index (κ3) is 3.44. The number of alkyl halides is 3. The molecule has 0 unspecified atom stereocenters. The van der Waals surface area contributed by atoms with E-state index in [9.17, 15) is 23.1 Å². The lowest BCUT2D eigenvalue weighted by Gasteiger charge is -2.21. The standard InChI is InChI=1S/C21H20F3NO3/c1-12-18(13-6-5-7-14(10-13)21(22,23)24)16-11-15(8-9-17(16)25(12)4)28-20(2,3)19(26)27/h5-11H,1-4H3,(H,26,27). The number of ether oxygens (including phenoxy) is 1. The third-order valence-corrected chi connectivity index (χ3v) is 4.83. The fraction of sp³-hybridized carbons (Fsp3) is 0.286. The van der Waals surface area contributed by atoms with Crippen molar-refractivity contribution in [2.45, 2.75) is 32.5 Å². The van der Waals surface area contributed by atoms with Gasteiger partial charge in [0.15, 0.2) is 5.60 Å². The van der Waals surface area contributed by atoms with E-state index >= 15 is 0 Å². The number of halogens is 3. The van der Waals surface area contributed by atoms with Gasteiger partial charge in [0.25, 0.3) is 0 Å². The Bertz CT molecular complexity index is 1060. The summed E-state index contributed by atoms with van der Waals surface area (Å²) >= 11 is 0. The molecule has 0 saturated carbocycles. The summed E-state index contributed by atoms with van der Waals surface area (Å²) in [6.45, 7) is 4.70. The highest BCUT2D eigenvalue weighted by molar-refractivity contribution is 5.99. The molecule has 1 heterocycles. The van der Waals surface area contributed by atoms with Crippen molar-refractivity contribution >= 4 is 16.9 Å². The Kier molecular flexibility index (Phi) is 4.65. The lowest BCUT2D eigenvalue weighted by atomic mass is 10.00. The minimum atomic E-state index is -4.44. The van der Waals surface area contributed by atoms with E-state index in [2.05, 4.69) is 0 Å². The summed E-state index contributed by atoms with van der Waals surface area (Å²) in [6, 6.07) is 10.3. The molecule has 2 aromatic carbocycles. The van der Waals surface area contributed by atoms with Crippen LogP contribution in [0, 0.1) is 6.92 Å². The maximum Gasteiger partial charge on any atom is 0.416 e. The summed E-state index contributed by atoms with van der Waals surface area (Å²) in [5.41, 5.74) is 0.540. The number of hydrogen-bond acceptors (Lipinski definition) is 2. The monoisotopic (exact) mass is 391 g/mol. The van der Waals surface area contributed by atoms with Gasteiger partial charge in [0.1, 0.15) is 5.75 Å². The third-order valence-electron chi connectivity index (χ3n) is 4.83. The first-order valence-electron chi connectivity index (χ1n) is 8.61. The molecule has 0 aliphatic rings. The molecule has 1 N–H and O–H groups in total. The molecule has 3 rings (SSSR count). The molecule has 0 aliphatic heterocycles. The fourth-order valence-electron chi connectivity index (χ4n) is 3.17. The molecule has 3 aromatic rings. The van der Waals surface area contributed by atoms with Crippen LogP contribution in [0.2, 0.25) is 0 Å². The Hall–Kier alpha value is -2.96. The van der Waals surface area contributed by atoms with Crippen molar-refractivity contribution in [1.82, 2.24) is 4.57 Å². The number of hydrogen-bond donors (Lipinski definition) is 1. The quantitative estimate of drug-likeness (QED) is 0.647. The Balaban J connectivity index is 2.19. The summed E-state index contributed by atoms with van der Waals surface area (Å²) in [4.78, 5) is 11.3. The molecule has 28 heavy (non-hydrogen) atoms. The summed E-state index contributed by atoms with van der Waals surface area (Å²) in [7, 11) is 1.83. The van der Waals surface area contributed by atoms with Gasteiger partial charge in [-0.1, -0.05) is 12.1 Å². The molecule has 148 valence electrons. The van der Waals surface area contributed by atoms with Crippen molar-refractivity contribution in [1.29, 1.82) is 0 Å². The molecule has 1 aromatic heterocycles. The van der Waals surface area contributed by atoms with Gasteiger partial charge in [-0.25, -0.2) is 4.79 Å². The Labute approximate surface area is 160 Å². The van der Waals surface area contributed by atoms with Crippen molar-refractivity contribution in [2.75, 3.05) is 0 Å². The first-order valence-corrected chi connectivity index (χ1v) is 8.61. The number of rotatable bonds is 4. The normalized spacial score (nSPS) is 12.4. The van der Waals surface area contributed by atoms with Gasteiger partial charge in [0.05, 0.1) is 5.56 Å². The van der Waals surface area contributed by atoms with E-state index in [1.807, 2.05) is 18.5 Å². The van der Waals surface area contributed by atoms with Crippen LogP contribution in [-0.4, -0.2) is 21.2 Å². The molecule has 0 radical (unpaired) electrons. The summed E-state index contributed by atoms with van der Waals surface area (Å²) in [6.07, 6.45) is -4.44. The minimum Gasteiger partial charge on any atom is -0.478 e. The van der Waals surface area contributed by atoms with Crippen LogP contribution in [0.25, 0.3) is 22.0 Å². The summed E-state index contributed by atoms with van der Waals surface area (Å²) < 4.78 is 46.9. The van der Waals surface area contributed by atoms with Crippen molar-refractivity contribution < 1.29 is 27.8 Å². The second-order valence-electron chi connectivity index (χ2n) is 7.19. The maximum absolute atomic E-state index is 13.1. The molecule has 0 atom stereocenters. The molecule has 0 fully saturated rings. The molecule has 0 amide bonds. The first-order chi connectivity index (χ1) is 12.9. The number of carboxylic acid groups (broad SMARTS) is 1. The average molecular weight is 391 g/mol. The zero-order chi connectivity index (χ0) is 20.9. The number of aryl methyl sites for hydroxylation is 1. The van der Waals surface area contributed by atoms with Crippen molar-refractivity contribution in [3.05, 3.63) is 53.7 Å². The lowest BCUT2D eigenvalue weighted by molar-refractivity contribution is -0.152. The Morgan fingerprint density at radius 3 is 2.39 bits per heavy atom. The predicted molar refractivity (Wildman–Crippen MR) is 100 cm³/mol. The Morgan fingerprint density at radius 2 is 1.79 bits per heavy atom. The first kappa shape index (κ1) is 19.8. The Morgan fingerprint density at radius 1 is 1.11 bits per heavy atom. The van der Waals surface area contributed by atoms with Crippen LogP contribution < -0.4 is 4.74 Å². The van der Waals surface area contributed by atoms with Crippen LogP contribution in [0.4, 0.5) is 13.2 Å². The predicted octanol–water partition coefficient (Wildman–Crippen LogP) is 5.41. The zero-order valence-electron chi connectivity index (χ0n) is 15.9. The van der Waals surface area contributed by atoms with Gasteiger partial charge in [-0.3, -0.25) is 0 Å². The smallest absolute Gasteiger partial charge is 0.416 e. The van der Waals surface area contributed by atoms with Crippen LogP contribution in [0.1, 0.15) is 25.1 Å². The second kappa shape index (κ2) is 6.58. The van der Waals surface area contributed by atoms with Gasteiger partial charge < -0.3 is 14.4 Å². The van der Waals surface area contributed by atoms with Crippen LogP contribution in [0.15, 0.2) is 42.5 Å². The molecule has 7 heteroatoms. The van der Waals surface area contributed by atoms with E-state index in [4.69, 9.17) is 4.74 Å². The molecule has 0 aliphatic carbocycles. The van der Waals surface area contributed by atoms with Crippen molar-refractivity contribution in [3.63, 3.8) is 0 Å². The van der Waals surface area contributed by atoms with Crippen LogP contribution in [0.5, 0.6) is 5.75 Å². The molecule has 0 bridgehead atoms. The van der Waals surface area contributed by atoms with Crippen LogP contribution >= 0.6 is 0 Å². The SMILES string of the molecule is Cc1c(-c2cccc(C(F)(F)F)c2)c2cc(OC(C)(C)C(=O)O)ccc2n1C. The number of benzene rings is 2. The van der Waals surface area contributed by atoms with Crippen LogP contribution in [-0.2, 0) is 18.0 Å². The van der Waals surface area contributed by atoms with Gasteiger partial charge in [-0.2, -0.15) is 13.2 Å². The minimum absolute atomic E-state index is 0.332. The molecule has 0 saturated heterocycles. The number of carboxylic acids is 1. The largest absolute Gasteiger partial charge is 0.478 e. The fourth-order valence-corrected chi connectivity index (χ4v) is 3.17. The second-order valence-corrected chi connectivity index (χ2v) is 7.19. The average Bonchev–Trinajstić information content (AvgIpc) is 2.84. The molecular weight excluding hydrogens is 371 g/mol. The topological polar surface area (TPSA) is 51.5 Å². The highest BCUT2D eigenvalue weighted by Crippen LogP contribution is 2.39. The molecule has 0 spiro atoms. The van der Waals surface area contributed by atoms with Gasteiger partial charge in [0.2, 0.25) is 0 Å². The van der Waals surface area contributed by atoms with E-state index in [0.29, 0.717) is 22.3 Å². The maximum atomic E-state index is 13.1. The number of carbonyl (C=O) groups is 1. The van der Waals surface area contributed by atoms with Crippen molar-refractivity contribution in [2.24, 2.45) is 7.05 Å². The van der Waals surface area contributed by atoms with Gasteiger partial charge >= 0.3 is 12.1 Å². The number of aliphatic carboxylic acids is 1. The van der Waals surface area contributed by atoms with Gasteiger partial charge in [-0.05, 0) is 56.7 Å². The highest BCUT2D eigenvalue weighted by Gasteiger charge is 2.31. The summed E-state index contributed by atoms with van der Waals surface area (Å²) in [5, 5.41) is 9.96. The lowest BCUT2D eigenvalue weighted by Crippen LogP contribution is -2.37. The van der Waals surface area contributed by atoms with Gasteiger partial charge in [-0.15, -0.1) is 0 Å². The number of fused-ring (bicyclic) bond motifs is 1. The van der Waals surface area contributed by atoms with E-state index in [1.165, 1.54) is 19.9 Å². The highest BCUT2D eigenvalue weighted by atomic mass is 19.4. The van der Waals surface area contributed by atoms with Crippen molar-refractivity contribution in [3.8, 4) is 16.9 Å². The molecule has 4 nitrogen and oxygen atoms in total. The number of nitrogens with zero attached hydrogens (tertiary/aromatic N) is 1. The van der Waals surface area contributed by atoms with E-state index < -0.39 is 23.3 Å². The van der Waals surface area contributed by atoms with E-state index in [1.54, 1.807) is 24.3 Å². The molecular formula is C21H20F3NO3. The van der Waals surface area contributed by atoms with E-state index in [-0.39, 0.29) is 0 Å². The summed E-state index contributed by atoms with van der Waals surface area (Å²) in [5.74, 6) is -0.784. The zero-order valence-corrected chi connectivity index (χ0v) is 15.9. The number of aromatic nitrogens is 1. The van der Waals surface area contributed by atoms with Crippen LogP contribution in [0.3, 0.4) is 0 Å². The van der Waals surface area contributed by atoms with Gasteiger partial charge in [0, 0.05) is 29.2 Å². The van der Waals surface area contributed by atoms with E-state index in [0.717, 1.165) is 23.3 Å².